The second-order valence-corrected chi connectivity index (χ2v) is 14.6. The third-order valence-electron chi connectivity index (χ3n) is 9.21. The van der Waals surface area contributed by atoms with Crippen molar-refractivity contribution in [2.45, 2.75) is 207 Å². The summed E-state index contributed by atoms with van der Waals surface area (Å²) in [4.78, 5) is 25.2. The molecule has 0 spiro atoms. The predicted octanol–water partition coefficient (Wildman–Crippen LogP) is 14.8. The fourth-order valence-corrected chi connectivity index (χ4v) is 5.89. The number of ether oxygens (including phenoxy) is 3. The molecule has 0 saturated heterocycles. The molecule has 0 aliphatic carbocycles. The topological polar surface area (TPSA) is 61.8 Å². The van der Waals surface area contributed by atoms with E-state index in [2.05, 4.69) is 93.7 Å². The van der Waals surface area contributed by atoms with Crippen LogP contribution in [0.3, 0.4) is 0 Å². The average Bonchev–Trinajstić information content (AvgIpc) is 3.17. The average molecular weight is 753 g/mol. The van der Waals surface area contributed by atoms with E-state index in [1.807, 2.05) is 0 Å². The molecule has 54 heavy (non-hydrogen) atoms. The fourth-order valence-electron chi connectivity index (χ4n) is 5.89. The molecule has 0 fully saturated rings. The molecule has 0 aromatic rings. The van der Waals surface area contributed by atoms with Gasteiger partial charge in [-0.05, 0) is 83.5 Å². The van der Waals surface area contributed by atoms with Crippen molar-refractivity contribution in [3.05, 3.63) is 72.9 Å². The van der Waals surface area contributed by atoms with Gasteiger partial charge < -0.3 is 14.2 Å². The Hall–Kier alpha value is -2.66. The van der Waals surface area contributed by atoms with Crippen LogP contribution in [-0.2, 0) is 23.8 Å². The Balaban J connectivity index is 4.31. The Labute approximate surface area is 334 Å². The maximum Gasteiger partial charge on any atom is 0.306 e. The third-order valence-corrected chi connectivity index (χ3v) is 9.21. The molecule has 0 aromatic carbocycles. The Morgan fingerprint density at radius 3 is 1.44 bits per heavy atom. The normalized spacial score (nSPS) is 12.9. The van der Waals surface area contributed by atoms with E-state index in [9.17, 15) is 9.59 Å². The minimum absolute atomic E-state index is 0.0582. The van der Waals surface area contributed by atoms with Crippen LogP contribution in [-0.4, -0.2) is 37.9 Å². The zero-order chi connectivity index (χ0) is 39.3. The molecule has 310 valence electrons. The van der Waals surface area contributed by atoms with Gasteiger partial charge >= 0.3 is 11.9 Å². The second kappa shape index (κ2) is 44.7. The van der Waals surface area contributed by atoms with Crippen LogP contribution in [0, 0.1) is 0 Å². The molecule has 0 aromatic heterocycles. The lowest BCUT2D eigenvalue weighted by molar-refractivity contribution is -0.163. The highest BCUT2D eigenvalue weighted by Crippen LogP contribution is 2.13. The number of hydrogen-bond donors (Lipinski definition) is 0. The van der Waals surface area contributed by atoms with E-state index in [-0.39, 0.29) is 25.2 Å². The summed E-state index contributed by atoms with van der Waals surface area (Å²) < 4.78 is 17.2. The standard InChI is InChI=1S/C49H84O5/c1-4-7-10-13-16-19-21-23-25-26-28-31-33-36-39-42-48(50)53-46-47(54-49(51)43-40-37-34-30-18-15-12-9-6-3)45-52-44-41-38-35-32-29-27-24-22-20-17-14-11-8-5-2/h7,10-11,14,16,19-20,22-23,25,28,31,47H,4-6,8-9,12-13,15,17-18,21,24,26-27,29-30,32-46H2,1-3H3/b10-7-,14-11-,19-16-,22-20-,25-23-,31-28-. The second-order valence-electron chi connectivity index (χ2n) is 14.6. The fraction of sp³-hybridized carbons (Fsp3) is 0.714. The van der Waals surface area contributed by atoms with E-state index < -0.39 is 6.10 Å². The molecule has 0 rings (SSSR count). The Bertz CT molecular complexity index is 988. The van der Waals surface area contributed by atoms with E-state index in [1.54, 1.807) is 0 Å². The quantitative estimate of drug-likeness (QED) is 0.0354. The van der Waals surface area contributed by atoms with Crippen molar-refractivity contribution in [2.24, 2.45) is 0 Å². The van der Waals surface area contributed by atoms with E-state index in [0.29, 0.717) is 19.4 Å². The van der Waals surface area contributed by atoms with E-state index in [4.69, 9.17) is 14.2 Å². The molecule has 5 nitrogen and oxygen atoms in total. The number of hydrogen-bond acceptors (Lipinski definition) is 5. The van der Waals surface area contributed by atoms with Gasteiger partial charge in [-0.2, -0.15) is 0 Å². The highest BCUT2D eigenvalue weighted by molar-refractivity contribution is 5.70. The van der Waals surface area contributed by atoms with Gasteiger partial charge in [0.15, 0.2) is 6.10 Å². The number of allylic oxidation sites excluding steroid dienone is 12. The van der Waals surface area contributed by atoms with Crippen molar-refractivity contribution in [3.63, 3.8) is 0 Å². The minimum Gasteiger partial charge on any atom is -0.462 e. The molecule has 0 radical (unpaired) electrons. The van der Waals surface area contributed by atoms with Crippen LogP contribution in [0.1, 0.15) is 201 Å². The molecular weight excluding hydrogens is 669 g/mol. The van der Waals surface area contributed by atoms with Gasteiger partial charge in [0, 0.05) is 19.4 Å². The summed E-state index contributed by atoms with van der Waals surface area (Å²) in [5, 5.41) is 0. The van der Waals surface area contributed by atoms with Gasteiger partial charge in [0.2, 0.25) is 0 Å². The molecule has 0 amide bonds. The maximum atomic E-state index is 12.7. The summed E-state index contributed by atoms with van der Waals surface area (Å²) in [5.41, 5.74) is 0. The van der Waals surface area contributed by atoms with Crippen molar-refractivity contribution >= 4 is 11.9 Å². The molecule has 1 unspecified atom stereocenters. The van der Waals surface area contributed by atoms with Crippen molar-refractivity contribution < 1.29 is 23.8 Å². The summed E-state index contributed by atoms with van der Waals surface area (Å²) >= 11 is 0. The van der Waals surface area contributed by atoms with Crippen molar-refractivity contribution in [1.82, 2.24) is 0 Å². The van der Waals surface area contributed by atoms with Gasteiger partial charge in [-0.3, -0.25) is 9.59 Å². The lowest BCUT2D eigenvalue weighted by atomic mass is 10.1. The van der Waals surface area contributed by atoms with E-state index >= 15 is 0 Å². The molecule has 0 heterocycles. The molecule has 0 saturated carbocycles. The molecule has 0 aliphatic rings. The lowest BCUT2D eigenvalue weighted by Gasteiger charge is -2.18. The predicted molar refractivity (Wildman–Crippen MR) is 233 cm³/mol. The molecule has 0 bridgehead atoms. The van der Waals surface area contributed by atoms with Crippen molar-refractivity contribution in [1.29, 1.82) is 0 Å². The maximum absolute atomic E-state index is 12.7. The summed E-state index contributed by atoms with van der Waals surface area (Å²) in [5.74, 6) is -0.456. The molecule has 0 N–H and O–H groups in total. The number of carbonyl (C=O) groups excluding carboxylic acids is 2. The number of carbonyl (C=O) groups is 2. The van der Waals surface area contributed by atoms with Gasteiger partial charge in [0.1, 0.15) is 6.61 Å². The van der Waals surface area contributed by atoms with E-state index in [1.165, 1.54) is 89.9 Å². The van der Waals surface area contributed by atoms with Gasteiger partial charge in [0.25, 0.3) is 0 Å². The van der Waals surface area contributed by atoms with Crippen molar-refractivity contribution in [2.75, 3.05) is 19.8 Å². The summed E-state index contributed by atoms with van der Waals surface area (Å²) in [6, 6.07) is 0. The largest absolute Gasteiger partial charge is 0.462 e. The Morgan fingerprint density at radius 1 is 0.426 bits per heavy atom. The zero-order valence-corrected chi connectivity index (χ0v) is 35.5. The highest BCUT2D eigenvalue weighted by atomic mass is 16.6. The molecule has 0 aliphatic heterocycles. The minimum atomic E-state index is -0.556. The van der Waals surface area contributed by atoms with Crippen LogP contribution < -0.4 is 0 Å². The zero-order valence-electron chi connectivity index (χ0n) is 35.5. The van der Waals surface area contributed by atoms with Crippen molar-refractivity contribution in [3.8, 4) is 0 Å². The van der Waals surface area contributed by atoms with E-state index in [0.717, 1.165) is 77.0 Å². The van der Waals surface area contributed by atoms with Crippen LogP contribution >= 0.6 is 0 Å². The summed E-state index contributed by atoms with van der Waals surface area (Å²) in [6.45, 7) is 7.56. The molecule has 5 heteroatoms. The highest BCUT2D eigenvalue weighted by Gasteiger charge is 2.17. The SMILES string of the molecule is CC/C=C\C/C=C\C/C=C\C/C=C\CCCCC(=O)OCC(COCCCCCCCC/C=C\C/C=C\CCC)OC(=O)CCCCCCCCCCC. The molecular formula is C49H84O5. The number of rotatable bonds is 40. The van der Waals surface area contributed by atoms with Crippen LogP contribution in [0.4, 0.5) is 0 Å². The Morgan fingerprint density at radius 2 is 0.870 bits per heavy atom. The van der Waals surface area contributed by atoms with Gasteiger partial charge in [0.05, 0.1) is 6.61 Å². The van der Waals surface area contributed by atoms with Crippen LogP contribution in [0.2, 0.25) is 0 Å². The first-order valence-corrected chi connectivity index (χ1v) is 22.5. The third kappa shape index (κ3) is 42.1. The van der Waals surface area contributed by atoms with Gasteiger partial charge in [-0.1, -0.05) is 177 Å². The smallest absolute Gasteiger partial charge is 0.306 e. The van der Waals surface area contributed by atoms with Gasteiger partial charge in [-0.25, -0.2) is 0 Å². The monoisotopic (exact) mass is 753 g/mol. The first-order valence-electron chi connectivity index (χ1n) is 22.5. The van der Waals surface area contributed by atoms with Crippen LogP contribution in [0.5, 0.6) is 0 Å². The first-order chi connectivity index (χ1) is 26.6. The summed E-state index contributed by atoms with van der Waals surface area (Å²) in [6.07, 6.45) is 56.2. The first kappa shape index (κ1) is 51.3. The number of unbranched alkanes of at least 4 members (excludes halogenated alkanes) is 17. The van der Waals surface area contributed by atoms with Crippen LogP contribution in [0.25, 0.3) is 0 Å². The summed E-state index contributed by atoms with van der Waals surface area (Å²) in [7, 11) is 0. The van der Waals surface area contributed by atoms with Gasteiger partial charge in [-0.15, -0.1) is 0 Å². The van der Waals surface area contributed by atoms with Crippen LogP contribution in [0.15, 0.2) is 72.9 Å². The molecule has 1 atom stereocenters. The lowest BCUT2D eigenvalue weighted by Crippen LogP contribution is -2.30. The number of esters is 2. The Kier molecular flexibility index (Phi) is 42.5.